The first kappa shape index (κ1) is 12.0. The van der Waals surface area contributed by atoms with E-state index < -0.39 is 0 Å². The molecule has 0 aliphatic heterocycles. The van der Waals surface area contributed by atoms with E-state index in [0.29, 0.717) is 6.10 Å². The van der Waals surface area contributed by atoms with Crippen LogP contribution in [-0.2, 0) is 4.74 Å². The van der Waals surface area contributed by atoms with E-state index in [1.165, 1.54) is 38.5 Å². The van der Waals surface area contributed by atoms with Gasteiger partial charge in [-0.05, 0) is 25.7 Å². The predicted octanol–water partition coefficient (Wildman–Crippen LogP) is 3.88. The van der Waals surface area contributed by atoms with Crippen LogP contribution in [0.2, 0.25) is 0 Å². The lowest BCUT2D eigenvalue weighted by molar-refractivity contribution is 0.0470. The third-order valence-electron chi connectivity index (χ3n) is 2.53. The summed E-state index contributed by atoms with van der Waals surface area (Å²) in [6.07, 6.45) is 8.28. The Morgan fingerprint density at radius 3 is 2.62 bits per heavy atom. The minimum atomic E-state index is 0.512. The highest BCUT2D eigenvalue weighted by atomic mass is 79.9. The molecule has 1 aliphatic rings. The molecule has 0 aromatic carbocycles. The van der Waals surface area contributed by atoms with Crippen molar-refractivity contribution in [3.8, 4) is 0 Å². The summed E-state index contributed by atoms with van der Waals surface area (Å²) in [6.45, 7) is 0.859. The summed E-state index contributed by atoms with van der Waals surface area (Å²) >= 11 is 7.09. The molecule has 3 heteroatoms. The third-order valence-corrected chi connectivity index (χ3v) is 3.77. The lowest BCUT2D eigenvalue weighted by Crippen LogP contribution is -2.18. The molecule has 0 N–H and O–H groups in total. The van der Waals surface area contributed by atoms with E-state index in [9.17, 15) is 0 Å². The fourth-order valence-corrected chi connectivity index (χ4v) is 2.55. The van der Waals surface area contributed by atoms with E-state index in [1.54, 1.807) is 0 Å². The maximum atomic E-state index is 5.75. The number of alkyl halides is 2. The van der Waals surface area contributed by atoms with E-state index in [4.69, 9.17) is 4.74 Å². The molecule has 78 valence electrons. The van der Waals surface area contributed by atoms with Crippen molar-refractivity contribution in [2.75, 3.05) is 11.9 Å². The highest BCUT2D eigenvalue weighted by Gasteiger charge is 2.15. The van der Waals surface area contributed by atoms with Gasteiger partial charge in [0.05, 0.1) is 12.7 Å². The van der Waals surface area contributed by atoms with Gasteiger partial charge in [0.1, 0.15) is 0 Å². The second-order valence-corrected chi connectivity index (χ2v) is 5.73. The van der Waals surface area contributed by atoms with Crippen LogP contribution in [0.4, 0.5) is 0 Å². The zero-order valence-corrected chi connectivity index (χ0v) is 11.1. The molecular weight excluding hydrogens is 296 g/mol. The normalized spacial score (nSPS) is 30.9. The first-order valence-electron chi connectivity index (χ1n) is 5.14. The average molecular weight is 314 g/mol. The van der Waals surface area contributed by atoms with Gasteiger partial charge < -0.3 is 4.74 Å². The van der Waals surface area contributed by atoms with Gasteiger partial charge in [0.25, 0.3) is 0 Å². The van der Waals surface area contributed by atoms with E-state index in [0.717, 1.165) is 16.8 Å². The van der Waals surface area contributed by atoms with Gasteiger partial charge in [-0.15, -0.1) is 0 Å². The molecule has 0 radical (unpaired) electrons. The van der Waals surface area contributed by atoms with E-state index in [2.05, 4.69) is 31.9 Å². The first-order chi connectivity index (χ1) is 6.33. The topological polar surface area (TPSA) is 9.23 Å². The molecule has 0 amide bonds. The number of ether oxygens (including phenoxy) is 1. The van der Waals surface area contributed by atoms with Gasteiger partial charge >= 0.3 is 0 Å². The monoisotopic (exact) mass is 312 g/mol. The standard InChI is InChI=1S/C10H18Br2O/c11-7-8-13-10-4-2-1-3-9(12)5-6-10/h9-10H,1-8H2/t9-,10-/m1/s1. The Balaban J connectivity index is 2.20. The van der Waals surface area contributed by atoms with Crippen molar-refractivity contribution in [3.05, 3.63) is 0 Å². The second-order valence-electron chi connectivity index (χ2n) is 3.64. The van der Waals surface area contributed by atoms with Crippen molar-refractivity contribution in [3.63, 3.8) is 0 Å². The molecule has 0 aromatic heterocycles. The molecule has 0 saturated heterocycles. The largest absolute Gasteiger partial charge is 0.377 e. The smallest absolute Gasteiger partial charge is 0.0576 e. The van der Waals surface area contributed by atoms with Crippen LogP contribution in [0.25, 0.3) is 0 Å². The van der Waals surface area contributed by atoms with Gasteiger partial charge in [0.15, 0.2) is 0 Å². The third kappa shape index (κ3) is 5.38. The van der Waals surface area contributed by atoms with Gasteiger partial charge in [0.2, 0.25) is 0 Å². The molecule has 1 fully saturated rings. The Bertz CT molecular complexity index is 128. The SMILES string of the molecule is BrCCO[C@@H]1CCCC[C@@H](Br)CC1. The summed E-state index contributed by atoms with van der Waals surface area (Å²) in [7, 11) is 0. The minimum absolute atomic E-state index is 0.512. The molecule has 1 aliphatic carbocycles. The van der Waals surface area contributed by atoms with Gasteiger partial charge in [0, 0.05) is 10.2 Å². The lowest BCUT2D eigenvalue weighted by Gasteiger charge is -2.22. The number of hydrogen-bond donors (Lipinski definition) is 0. The summed E-state index contributed by atoms with van der Waals surface area (Å²) in [4.78, 5) is 0.725. The van der Waals surface area contributed by atoms with E-state index in [1.807, 2.05) is 0 Å². The summed E-state index contributed by atoms with van der Waals surface area (Å²) in [5.41, 5.74) is 0. The quantitative estimate of drug-likeness (QED) is 0.718. The molecule has 1 nitrogen and oxygen atoms in total. The van der Waals surface area contributed by atoms with Gasteiger partial charge in [-0.3, -0.25) is 0 Å². The number of halogens is 2. The maximum Gasteiger partial charge on any atom is 0.0576 e. The molecule has 0 aromatic rings. The van der Waals surface area contributed by atoms with Crippen molar-refractivity contribution in [1.82, 2.24) is 0 Å². The maximum absolute atomic E-state index is 5.75. The van der Waals surface area contributed by atoms with E-state index in [-0.39, 0.29) is 0 Å². The Morgan fingerprint density at radius 2 is 1.85 bits per heavy atom. The Kier molecular flexibility index (Phi) is 6.68. The molecule has 2 atom stereocenters. The lowest BCUT2D eigenvalue weighted by atomic mass is 9.98. The zero-order valence-electron chi connectivity index (χ0n) is 7.98. The molecule has 0 bridgehead atoms. The molecule has 1 saturated carbocycles. The van der Waals surface area contributed by atoms with Crippen molar-refractivity contribution in [1.29, 1.82) is 0 Å². The van der Waals surface area contributed by atoms with Crippen molar-refractivity contribution < 1.29 is 4.74 Å². The summed E-state index contributed by atoms with van der Waals surface area (Å²) in [5, 5.41) is 0.960. The fraction of sp³-hybridized carbons (Fsp3) is 1.00. The summed E-state index contributed by atoms with van der Waals surface area (Å²) in [5.74, 6) is 0. The van der Waals surface area contributed by atoms with Crippen LogP contribution < -0.4 is 0 Å². The average Bonchev–Trinajstić information content (AvgIpc) is 2.11. The summed E-state index contributed by atoms with van der Waals surface area (Å²) < 4.78 is 5.75. The van der Waals surface area contributed by atoms with Crippen molar-refractivity contribution in [2.24, 2.45) is 0 Å². The zero-order chi connectivity index (χ0) is 9.52. The van der Waals surface area contributed by atoms with Crippen LogP contribution in [0.5, 0.6) is 0 Å². The molecule has 0 spiro atoms. The second kappa shape index (κ2) is 7.24. The van der Waals surface area contributed by atoms with Crippen LogP contribution in [0, 0.1) is 0 Å². The Labute approximate surface area is 97.9 Å². The van der Waals surface area contributed by atoms with Crippen LogP contribution >= 0.6 is 31.9 Å². The van der Waals surface area contributed by atoms with Crippen LogP contribution in [0.3, 0.4) is 0 Å². The van der Waals surface area contributed by atoms with Gasteiger partial charge in [-0.2, -0.15) is 0 Å². The minimum Gasteiger partial charge on any atom is -0.377 e. The van der Waals surface area contributed by atoms with Crippen LogP contribution in [-0.4, -0.2) is 22.9 Å². The number of hydrogen-bond acceptors (Lipinski definition) is 1. The highest BCUT2D eigenvalue weighted by Crippen LogP contribution is 2.24. The van der Waals surface area contributed by atoms with E-state index >= 15 is 0 Å². The molecule has 0 unspecified atom stereocenters. The Morgan fingerprint density at radius 1 is 1.08 bits per heavy atom. The molecule has 0 heterocycles. The highest BCUT2D eigenvalue weighted by molar-refractivity contribution is 9.09. The van der Waals surface area contributed by atoms with Gasteiger partial charge in [-0.25, -0.2) is 0 Å². The molecular formula is C10H18Br2O. The Hall–Kier alpha value is 0.920. The molecule has 13 heavy (non-hydrogen) atoms. The van der Waals surface area contributed by atoms with Crippen LogP contribution in [0.1, 0.15) is 38.5 Å². The van der Waals surface area contributed by atoms with Crippen molar-refractivity contribution >= 4 is 31.9 Å². The first-order valence-corrected chi connectivity index (χ1v) is 7.18. The van der Waals surface area contributed by atoms with Gasteiger partial charge in [-0.1, -0.05) is 44.7 Å². The predicted molar refractivity (Wildman–Crippen MR) is 64.0 cm³/mol. The van der Waals surface area contributed by atoms with Crippen LogP contribution in [0.15, 0.2) is 0 Å². The number of rotatable bonds is 3. The molecule has 1 rings (SSSR count). The summed E-state index contributed by atoms with van der Waals surface area (Å²) in [6, 6.07) is 0. The van der Waals surface area contributed by atoms with Crippen molar-refractivity contribution in [2.45, 2.75) is 49.5 Å². The fourth-order valence-electron chi connectivity index (χ4n) is 1.77.